The fourth-order valence-corrected chi connectivity index (χ4v) is 5.11. The van der Waals surface area contributed by atoms with Gasteiger partial charge in [-0.3, -0.25) is 4.90 Å². The van der Waals surface area contributed by atoms with E-state index in [1.807, 2.05) is 6.07 Å². The second-order valence-corrected chi connectivity index (χ2v) is 9.68. The van der Waals surface area contributed by atoms with Crippen molar-refractivity contribution in [2.75, 3.05) is 94.8 Å². The summed E-state index contributed by atoms with van der Waals surface area (Å²) in [5.74, 6) is 3.02. The lowest BCUT2D eigenvalue weighted by atomic mass is 10.2. The number of urea groups is 1. The van der Waals surface area contributed by atoms with Gasteiger partial charge in [0.1, 0.15) is 11.5 Å². The standard InChI is InChI=1S/C26H37N7O4/c1-35-22-16-20(17-23(18-22)36-2)27-26(34)33-13-11-32(12-14-33)25-6-5-24(28-29-25)31-9-7-30(8-10-31)19-21-4-3-15-37-21/h5-6,16-18,21H,3-4,7-15,19H2,1-2H3,(H,27,34). The fraction of sp³-hybridized carbons (Fsp3) is 0.577. The number of piperazine rings is 2. The van der Waals surface area contributed by atoms with Crippen LogP contribution in [0, 0.1) is 0 Å². The minimum atomic E-state index is -0.143. The lowest BCUT2D eigenvalue weighted by molar-refractivity contribution is 0.0712. The highest BCUT2D eigenvalue weighted by molar-refractivity contribution is 5.90. The van der Waals surface area contributed by atoms with Crippen molar-refractivity contribution in [3.05, 3.63) is 30.3 Å². The lowest BCUT2D eigenvalue weighted by Crippen LogP contribution is -2.50. The summed E-state index contributed by atoms with van der Waals surface area (Å²) in [4.78, 5) is 21.6. The molecule has 11 heteroatoms. The Morgan fingerprint density at radius 1 is 0.919 bits per heavy atom. The Kier molecular flexibility index (Phi) is 8.10. The Morgan fingerprint density at radius 2 is 1.51 bits per heavy atom. The predicted molar refractivity (Wildman–Crippen MR) is 142 cm³/mol. The van der Waals surface area contributed by atoms with Crippen LogP contribution in [-0.2, 0) is 4.74 Å². The van der Waals surface area contributed by atoms with Gasteiger partial charge in [0.2, 0.25) is 0 Å². The zero-order chi connectivity index (χ0) is 25.6. The van der Waals surface area contributed by atoms with Gasteiger partial charge in [0.05, 0.1) is 20.3 Å². The van der Waals surface area contributed by atoms with E-state index in [4.69, 9.17) is 14.2 Å². The van der Waals surface area contributed by atoms with E-state index in [0.717, 1.165) is 51.0 Å². The molecule has 3 fully saturated rings. The SMILES string of the molecule is COc1cc(NC(=O)N2CCN(c3ccc(N4CCN(CC5CCCO5)CC4)nn3)CC2)cc(OC)c1. The first-order valence-electron chi connectivity index (χ1n) is 13.1. The number of amides is 2. The third kappa shape index (κ3) is 6.34. The van der Waals surface area contributed by atoms with E-state index in [0.29, 0.717) is 49.5 Å². The van der Waals surface area contributed by atoms with Crippen LogP contribution in [0.25, 0.3) is 0 Å². The Balaban J connectivity index is 1.09. The smallest absolute Gasteiger partial charge is 0.321 e. The number of carbonyl (C=O) groups excluding carboxylic acids is 1. The van der Waals surface area contributed by atoms with E-state index in [1.165, 1.54) is 12.8 Å². The van der Waals surface area contributed by atoms with Crippen molar-refractivity contribution in [1.29, 1.82) is 0 Å². The van der Waals surface area contributed by atoms with Gasteiger partial charge in [0.15, 0.2) is 11.6 Å². The number of methoxy groups -OCH3 is 2. The molecule has 0 spiro atoms. The number of carbonyl (C=O) groups is 1. The lowest BCUT2D eigenvalue weighted by Gasteiger charge is -2.37. The first-order chi connectivity index (χ1) is 18.1. The number of nitrogens with one attached hydrogen (secondary N) is 1. The summed E-state index contributed by atoms with van der Waals surface area (Å²) in [5.41, 5.74) is 0.637. The summed E-state index contributed by atoms with van der Waals surface area (Å²) < 4.78 is 16.4. The van der Waals surface area contributed by atoms with Crippen LogP contribution in [0.3, 0.4) is 0 Å². The molecule has 1 N–H and O–H groups in total. The Labute approximate surface area is 218 Å². The molecule has 0 aliphatic carbocycles. The quantitative estimate of drug-likeness (QED) is 0.600. The fourth-order valence-electron chi connectivity index (χ4n) is 5.11. The largest absolute Gasteiger partial charge is 0.497 e. The molecular formula is C26H37N7O4. The summed E-state index contributed by atoms with van der Waals surface area (Å²) in [7, 11) is 3.17. The molecular weight excluding hydrogens is 474 g/mol. The molecule has 3 saturated heterocycles. The van der Waals surface area contributed by atoms with E-state index in [9.17, 15) is 4.79 Å². The van der Waals surface area contributed by atoms with Gasteiger partial charge >= 0.3 is 6.03 Å². The van der Waals surface area contributed by atoms with Crippen molar-refractivity contribution >= 4 is 23.4 Å². The molecule has 3 aliphatic heterocycles. The average molecular weight is 512 g/mol. The molecule has 2 amide bonds. The number of anilines is 3. The summed E-state index contributed by atoms with van der Waals surface area (Å²) in [6.45, 7) is 8.50. The number of hydrogen-bond acceptors (Lipinski definition) is 9. The average Bonchev–Trinajstić information content (AvgIpc) is 3.46. The molecule has 3 aliphatic rings. The minimum Gasteiger partial charge on any atom is -0.497 e. The molecule has 4 heterocycles. The number of rotatable bonds is 7. The van der Waals surface area contributed by atoms with Gasteiger partial charge in [0, 0.05) is 89.4 Å². The molecule has 1 aromatic carbocycles. The van der Waals surface area contributed by atoms with Crippen LogP contribution in [0.4, 0.5) is 22.1 Å². The van der Waals surface area contributed by atoms with E-state index < -0.39 is 0 Å². The van der Waals surface area contributed by atoms with Gasteiger partial charge in [-0.05, 0) is 25.0 Å². The maximum absolute atomic E-state index is 12.8. The van der Waals surface area contributed by atoms with Crippen molar-refractivity contribution in [1.82, 2.24) is 20.0 Å². The van der Waals surface area contributed by atoms with E-state index >= 15 is 0 Å². The molecule has 11 nitrogen and oxygen atoms in total. The molecule has 1 aromatic heterocycles. The van der Waals surface area contributed by atoms with Gasteiger partial charge in [0.25, 0.3) is 0 Å². The topological polar surface area (TPSA) is 95.5 Å². The number of aromatic nitrogens is 2. The Bertz CT molecular complexity index is 1010. The van der Waals surface area contributed by atoms with Crippen LogP contribution in [0.5, 0.6) is 11.5 Å². The number of ether oxygens (including phenoxy) is 3. The van der Waals surface area contributed by atoms with Crippen molar-refractivity contribution < 1.29 is 19.0 Å². The Morgan fingerprint density at radius 3 is 2.03 bits per heavy atom. The van der Waals surface area contributed by atoms with Crippen LogP contribution < -0.4 is 24.6 Å². The molecule has 1 atom stereocenters. The zero-order valence-electron chi connectivity index (χ0n) is 21.8. The zero-order valence-corrected chi connectivity index (χ0v) is 21.8. The molecule has 37 heavy (non-hydrogen) atoms. The summed E-state index contributed by atoms with van der Waals surface area (Å²) in [6, 6.07) is 9.28. The maximum Gasteiger partial charge on any atom is 0.321 e. The molecule has 200 valence electrons. The predicted octanol–water partition coefficient (Wildman–Crippen LogP) is 2.15. The Hall–Kier alpha value is -3.31. The van der Waals surface area contributed by atoms with Crippen molar-refractivity contribution in [3.63, 3.8) is 0 Å². The van der Waals surface area contributed by atoms with Crippen LogP contribution in [0.15, 0.2) is 30.3 Å². The first kappa shape index (κ1) is 25.3. The first-order valence-corrected chi connectivity index (χ1v) is 13.1. The van der Waals surface area contributed by atoms with Gasteiger partial charge in [-0.2, -0.15) is 0 Å². The number of hydrogen-bond donors (Lipinski definition) is 1. The van der Waals surface area contributed by atoms with Crippen molar-refractivity contribution in [2.45, 2.75) is 18.9 Å². The van der Waals surface area contributed by atoms with Crippen LogP contribution in [0.2, 0.25) is 0 Å². The summed E-state index contributed by atoms with van der Waals surface area (Å²) in [6.07, 6.45) is 2.78. The van der Waals surface area contributed by atoms with Gasteiger partial charge in [-0.25, -0.2) is 4.79 Å². The third-order valence-electron chi connectivity index (χ3n) is 7.31. The maximum atomic E-state index is 12.8. The highest BCUT2D eigenvalue weighted by atomic mass is 16.5. The van der Waals surface area contributed by atoms with E-state index in [-0.39, 0.29) is 6.03 Å². The van der Waals surface area contributed by atoms with Gasteiger partial charge in [-0.1, -0.05) is 0 Å². The highest BCUT2D eigenvalue weighted by Gasteiger charge is 2.25. The van der Waals surface area contributed by atoms with Gasteiger partial charge < -0.3 is 34.2 Å². The summed E-state index contributed by atoms with van der Waals surface area (Å²) in [5, 5.41) is 12.0. The molecule has 0 saturated carbocycles. The van der Waals surface area contributed by atoms with E-state index in [1.54, 1.807) is 37.3 Å². The molecule has 1 unspecified atom stereocenters. The van der Waals surface area contributed by atoms with Gasteiger partial charge in [-0.15, -0.1) is 10.2 Å². The molecule has 5 rings (SSSR count). The van der Waals surface area contributed by atoms with E-state index in [2.05, 4.69) is 36.3 Å². The minimum absolute atomic E-state index is 0.143. The summed E-state index contributed by atoms with van der Waals surface area (Å²) >= 11 is 0. The molecule has 0 bridgehead atoms. The van der Waals surface area contributed by atoms with Crippen LogP contribution in [0.1, 0.15) is 12.8 Å². The molecule has 2 aromatic rings. The second kappa shape index (κ2) is 11.8. The van der Waals surface area contributed by atoms with Crippen LogP contribution in [-0.4, -0.2) is 112 Å². The highest BCUT2D eigenvalue weighted by Crippen LogP contribution is 2.26. The normalized spacial score (nSPS) is 20.7. The second-order valence-electron chi connectivity index (χ2n) is 9.68. The number of benzene rings is 1. The molecule has 0 radical (unpaired) electrons. The van der Waals surface area contributed by atoms with Crippen molar-refractivity contribution in [2.24, 2.45) is 0 Å². The monoisotopic (exact) mass is 511 g/mol. The van der Waals surface area contributed by atoms with Crippen LogP contribution >= 0.6 is 0 Å². The third-order valence-corrected chi connectivity index (χ3v) is 7.31. The number of nitrogens with zero attached hydrogens (tertiary/aromatic N) is 6. The van der Waals surface area contributed by atoms with Crippen molar-refractivity contribution in [3.8, 4) is 11.5 Å².